The summed E-state index contributed by atoms with van der Waals surface area (Å²) in [7, 11) is 0. The molecule has 0 saturated heterocycles. The summed E-state index contributed by atoms with van der Waals surface area (Å²) in [6, 6.07) is 9.82. The van der Waals surface area contributed by atoms with Crippen LogP contribution in [-0.2, 0) is 11.3 Å². The monoisotopic (exact) mass is 352 g/mol. The number of rotatable bonds is 4. The molecule has 0 aliphatic heterocycles. The van der Waals surface area contributed by atoms with Gasteiger partial charge in [0.1, 0.15) is 12.2 Å². The van der Waals surface area contributed by atoms with Crippen molar-refractivity contribution in [2.24, 2.45) is 0 Å². The van der Waals surface area contributed by atoms with E-state index >= 15 is 0 Å². The second-order valence-electron chi connectivity index (χ2n) is 5.94. The molecule has 0 aliphatic rings. The predicted molar refractivity (Wildman–Crippen MR) is 97.2 cm³/mol. The standard InChI is InChI=1S/C18H16N4O4/c1-11-7-14(16(22(25)26)8-12(11)2)20-18(24)10-21-15-6-4-3-5-13(15)17(23)9-19-21/h3-9H,10H2,1-2H3,(H,20,24). The number of nitro groups is 1. The molecule has 1 heterocycles. The Morgan fingerprint density at radius 2 is 1.92 bits per heavy atom. The summed E-state index contributed by atoms with van der Waals surface area (Å²) < 4.78 is 1.39. The lowest BCUT2D eigenvalue weighted by Gasteiger charge is -2.11. The van der Waals surface area contributed by atoms with E-state index in [1.54, 1.807) is 37.3 Å². The highest BCUT2D eigenvalue weighted by Crippen LogP contribution is 2.28. The van der Waals surface area contributed by atoms with Crippen molar-refractivity contribution in [1.29, 1.82) is 0 Å². The molecular formula is C18H16N4O4. The van der Waals surface area contributed by atoms with Crippen LogP contribution in [0.15, 0.2) is 47.4 Å². The normalized spacial score (nSPS) is 10.7. The van der Waals surface area contributed by atoms with Gasteiger partial charge in [0.2, 0.25) is 11.3 Å². The van der Waals surface area contributed by atoms with Crippen LogP contribution in [0, 0.1) is 24.0 Å². The van der Waals surface area contributed by atoms with E-state index in [1.807, 2.05) is 6.92 Å². The van der Waals surface area contributed by atoms with Gasteiger partial charge in [0.05, 0.1) is 16.6 Å². The molecule has 26 heavy (non-hydrogen) atoms. The Morgan fingerprint density at radius 3 is 2.65 bits per heavy atom. The number of fused-ring (bicyclic) bond motifs is 1. The molecule has 3 rings (SSSR count). The van der Waals surface area contributed by atoms with Gasteiger partial charge < -0.3 is 5.32 Å². The molecule has 0 spiro atoms. The Hall–Kier alpha value is -3.55. The summed E-state index contributed by atoms with van der Waals surface area (Å²) in [5.74, 6) is -0.474. The van der Waals surface area contributed by atoms with Crippen LogP contribution in [0.1, 0.15) is 11.1 Å². The number of benzene rings is 2. The average molecular weight is 352 g/mol. The molecule has 8 heteroatoms. The number of hydrogen-bond donors (Lipinski definition) is 1. The number of anilines is 1. The van der Waals surface area contributed by atoms with Gasteiger partial charge in [-0.05, 0) is 43.2 Å². The summed E-state index contributed by atoms with van der Waals surface area (Å²) in [6.45, 7) is 3.40. The van der Waals surface area contributed by atoms with Gasteiger partial charge in [0.15, 0.2) is 0 Å². The van der Waals surface area contributed by atoms with E-state index < -0.39 is 10.8 Å². The van der Waals surface area contributed by atoms with E-state index in [-0.39, 0.29) is 23.3 Å². The van der Waals surface area contributed by atoms with Gasteiger partial charge in [-0.3, -0.25) is 24.4 Å². The third-order valence-electron chi connectivity index (χ3n) is 4.14. The van der Waals surface area contributed by atoms with E-state index in [0.29, 0.717) is 10.9 Å². The minimum Gasteiger partial charge on any atom is -0.319 e. The lowest BCUT2D eigenvalue weighted by molar-refractivity contribution is -0.384. The number of hydrogen-bond acceptors (Lipinski definition) is 5. The largest absolute Gasteiger partial charge is 0.319 e. The molecule has 2 aromatic carbocycles. The van der Waals surface area contributed by atoms with E-state index in [4.69, 9.17) is 0 Å². The average Bonchev–Trinajstić information content (AvgIpc) is 2.60. The summed E-state index contributed by atoms with van der Waals surface area (Å²) >= 11 is 0. The minimum atomic E-state index is -0.533. The second kappa shape index (κ2) is 6.75. The van der Waals surface area contributed by atoms with Crippen molar-refractivity contribution in [2.75, 3.05) is 5.32 Å². The molecule has 0 aliphatic carbocycles. The smallest absolute Gasteiger partial charge is 0.293 e. The molecule has 0 fully saturated rings. The molecular weight excluding hydrogens is 336 g/mol. The number of aromatic nitrogens is 2. The van der Waals surface area contributed by atoms with Crippen molar-refractivity contribution < 1.29 is 9.72 Å². The fourth-order valence-corrected chi connectivity index (χ4v) is 2.66. The number of nitrogens with zero attached hydrogens (tertiary/aromatic N) is 3. The van der Waals surface area contributed by atoms with Gasteiger partial charge in [-0.25, -0.2) is 0 Å². The number of aryl methyl sites for hydroxylation is 2. The van der Waals surface area contributed by atoms with Gasteiger partial charge in [-0.15, -0.1) is 0 Å². The fourth-order valence-electron chi connectivity index (χ4n) is 2.66. The molecule has 0 saturated carbocycles. The van der Waals surface area contributed by atoms with Crippen molar-refractivity contribution in [3.05, 3.63) is 74.1 Å². The number of carbonyl (C=O) groups excluding carboxylic acids is 1. The van der Waals surface area contributed by atoms with Crippen molar-refractivity contribution in [1.82, 2.24) is 9.78 Å². The molecule has 1 amide bonds. The Bertz CT molecular complexity index is 1090. The topological polar surface area (TPSA) is 107 Å². The maximum absolute atomic E-state index is 12.4. The lowest BCUT2D eigenvalue weighted by Crippen LogP contribution is -2.23. The Morgan fingerprint density at radius 1 is 1.23 bits per heavy atom. The third kappa shape index (κ3) is 3.30. The van der Waals surface area contributed by atoms with Crippen LogP contribution in [0.4, 0.5) is 11.4 Å². The van der Waals surface area contributed by atoms with Crippen LogP contribution in [0.3, 0.4) is 0 Å². The highest BCUT2D eigenvalue weighted by molar-refractivity contribution is 5.94. The SMILES string of the molecule is Cc1cc(NC(=O)Cn2ncc(=O)c3ccccc32)c([N+](=O)[O-])cc1C. The number of carbonyl (C=O) groups is 1. The van der Waals surface area contributed by atoms with Crippen LogP contribution >= 0.6 is 0 Å². The van der Waals surface area contributed by atoms with Crippen LogP contribution in [-0.4, -0.2) is 20.6 Å². The third-order valence-corrected chi connectivity index (χ3v) is 4.14. The maximum Gasteiger partial charge on any atom is 0.293 e. The number of nitro benzene ring substituents is 1. The van der Waals surface area contributed by atoms with Crippen molar-refractivity contribution >= 4 is 28.2 Å². The van der Waals surface area contributed by atoms with Crippen LogP contribution in [0.2, 0.25) is 0 Å². The first kappa shape index (κ1) is 17.3. The Kier molecular flexibility index (Phi) is 4.49. The van der Waals surface area contributed by atoms with E-state index in [0.717, 1.165) is 17.3 Å². The first-order valence-corrected chi connectivity index (χ1v) is 7.87. The second-order valence-corrected chi connectivity index (χ2v) is 5.94. The first-order valence-electron chi connectivity index (χ1n) is 7.87. The molecule has 0 atom stereocenters. The first-order chi connectivity index (χ1) is 12.4. The number of nitrogens with one attached hydrogen (secondary N) is 1. The van der Waals surface area contributed by atoms with Gasteiger partial charge in [-0.2, -0.15) is 5.10 Å². The maximum atomic E-state index is 12.4. The highest BCUT2D eigenvalue weighted by Gasteiger charge is 2.18. The zero-order valence-electron chi connectivity index (χ0n) is 14.2. The minimum absolute atomic E-state index is 0.133. The Labute approximate surface area is 148 Å². The van der Waals surface area contributed by atoms with Crippen molar-refractivity contribution in [3.8, 4) is 0 Å². The van der Waals surface area contributed by atoms with E-state index in [1.165, 1.54) is 10.7 Å². The highest BCUT2D eigenvalue weighted by atomic mass is 16.6. The summed E-state index contributed by atoms with van der Waals surface area (Å²) in [5.41, 5.74) is 1.85. The molecule has 1 N–H and O–H groups in total. The summed E-state index contributed by atoms with van der Waals surface area (Å²) in [4.78, 5) is 35.0. The molecule has 0 radical (unpaired) electrons. The molecule has 132 valence electrons. The molecule has 3 aromatic rings. The van der Waals surface area contributed by atoms with Crippen molar-refractivity contribution in [3.63, 3.8) is 0 Å². The fraction of sp³-hybridized carbons (Fsp3) is 0.167. The number of amides is 1. The van der Waals surface area contributed by atoms with Crippen LogP contribution < -0.4 is 10.7 Å². The van der Waals surface area contributed by atoms with Crippen LogP contribution in [0.25, 0.3) is 10.9 Å². The quantitative estimate of drug-likeness (QED) is 0.573. The number of para-hydroxylation sites is 1. The van der Waals surface area contributed by atoms with Gasteiger partial charge in [0, 0.05) is 11.5 Å². The van der Waals surface area contributed by atoms with Crippen molar-refractivity contribution in [2.45, 2.75) is 20.4 Å². The van der Waals surface area contributed by atoms with Gasteiger partial charge in [-0.1, -0.05) is 12.1 Å². The molecule has 0 unspecified atom stereocenters. The summed E-state index contributed by atoms with van der Waals surface area (Å²) in [6.07, 6.45) is 1.15. The molecule has 1 aromatic heterocycles. The zero-order valence-corrected chi connectivity index (χ0v) is 14.2. The Balaban J connectivity index is 1.91. The summed E-state index contributed by atoms with van der Waals surface area (Å²) in [5, 5.41) is 18.2. The van der Waals surface area contributed by atoms with Crippen LogP contribution in [0.5, 0.6) is 0 Å². The van der Waals surface area contributed by atoms with Gasteiger partial charge in [0.25, 0.3) is 5.69 Å². The molecule has 8 nitrogen and oxygen atoms in total. The molecule has 0 bridgehead atoms. The van der Waals surface area contributed by atoms with Gasteiger partial charge >= 0.3 is 0 Å². The zero-order chi connectivity index (χ0) is 18.8. The van der Waals surface area contributed by atoms with E-state index in [2.05, 4.69) is 10.4 Å². The lowest BCUT2D eigenvalue weighted by atomic mass is 10.1. The predicted octanol–water partition coefficient (Wildman–Crippen LogP) is 2.56. The van der Waals surface area contributed by atoms with E-state index in [9.17, 15) is 19.7 Å².